The normalized spacial score (nSPS) is 12.5. The van der Waals surface area contributed by atoms with E-state index in [0.29, 0.717) is 6.42 Å². The maximum absolute atomic E-state index is 10.4. The quantitative estimate of drug-likeness (QED) is 0.787. The maximum Gasteiger partial charge on any atom is 0.122 e. The van der Waals surface area contributed by atoms with Crippen molar-refractivity contribution < 1.29 is 9.84 Å². The zero-order valence-electron chi connectivity index (χ0n) is 11.1. The fourth-order valence-electron chi connectivity index (χ4n) is 2.30. The van der Waals surface area contributed by atoms with Crippen molar-refractivity contribution in [1.82, 2.24) is 14.6 Å². The summed E-state index contributed by atoms with van der Waals surface area (Å²) in [7, 11) is 1.63. The lowest BCUT2D eigenvalue weighted by Crippen LogP contribution is -2.03. The predicted molar refractivity (Wildman–Crippen MR) is 74.6 cm³/mol. The number of para-hydroxylation sites is 1. The molecule has 1 atom stereocenters. The fourth-order valence-corrected chi connectivity index (χ4v) is 2.30. The number of benzene rings is 1. The summed E-state index contributed by atoms with van der Waals surface area (Å²) >= 11 is 0. The average Bonchev–Trinajstić information content (AvgIpc) is 2.92. The van der Waals surface area contributed by atoms with Gasteiger partial charge in [-0.3, -0.25) is 4.98 Å². The van der Waals surface area contributed by atoms with Crippen molar-refractivity contribution in [3.05, 3.63) is 60.2 Å². The number of aromatic nitrogens is 3. The lowest BCUT2D eigenvalue weighted by molar-refractivity contribution is 0.178. The zero-order valence-corrected chi connectivity index (χ0v) is 11.1. The van der Waals surface area contributed by atoms with Crippen LogP contribution >= 0.6 is 0 Å². The van der Waals surface area contributed by atoms with E-state index in [4.69, 9.17) is 4.74 Å². The van der Waals surface area contributed by atoms with Crippen LogP contribution in [0.25, 0.3) is 5.52 Å². The molecule has 0 aliphatic heterocycles. The minimum Gasteiger partial charge on any atom is -0.496 e. The van der Waals surface area contributed by atoms with Crippen molar-refractivity contribution >= 4 is 5.52 Å². The highest BCUT2D eigenvalue weighted by atomic mass is 16.5. The first kappa shape index (κ1) is 12.6. The van der Waals surface area contributed by atoms with Gasteiger partial charge in [-0.25, -0.2) is 4.52 Å². The topological polar surface area (TPSA) is 59.7 Å². The van der Waals surface area contributed by atoms with Gasteiger partial charge in [-0.2, -0.15) is 5.10 Å². The standard InChI is InChI=1S/C15H15N3O2/c1-20-15-5-3-2-4-11(15)8-14(19)12-9-17-18-7-6-16-10-13(12)18/h2-7,9-10,14,19H,8H2,1H3. The Kier molecular flexibility index (Phi) is 3.35. The Morgan fingerprint density at radius 1 is 1.30 bits per heavy atom. The Hall–Kier alpha value is -2.40. The Labute approximate surface area is 116 Å². The van der Waals surface area contributed by atoms with Gasteiger partial charge in [0.2, 0.25) is 0 Å². The Balaban J connectivity index is 1.91. The van der Waals surface area contributed by atoms with Gasteiger partial charge in [0.05, 0.1) is 31.1 Å². The monoisotopic (exact) mass is 269 g/mol. The maximum atomic E-state index is 10.4. The Morgan fingerprint density at radius 3 is 3.00 bits per heavy atom. The first-order valence-corrected chi connectivity index (χ1v) is 6.37. The van der Waals surface area contributed by atoms with Crippen LogP contribution in [0.1, 0.15) is 17.2 Å². The minimum atomic E-state index is -0.645. The number of aliphatic hydroxyl groups excluding tert-OH is 1. The molecule has 0 saturated carbocycles. The number of rotatable bonds is 4. The fraction of sp³-hybridized carbons (Fsp3) is 0.200. The summed E-state index contributed by atoms with van der Waals surface area (Å²) in [5.41, 5.74) is 2.55. The molecule has 2 heterocycles. The molecule has 1 N–H and O–H groups in total. The van der Waals surface area contributed by atoms with Gasteiger partial charge in [-0.15, -0.1) is 0 Å². The van der Waals surface area contributed by atoms with Crippen LogP contribution in [0.3, 0.4) is 0 Å². The molecule has 5 nitrogen and oxygen atoms in total. The van der Waals surface area contributed by atoms with Crippen molar-refractivity contribution in [3.63, 3.8) is 0 Å². The van der Waals surface area contributed by atoms with Crippen LogP contribution in [0.15, 0.2) is 49.1 Å². The molecule has 3 aromatic rings. The van der Waals surface area contributed by atoms with E-state index in [1.54, 1.807) is 36.4 Å². The molecule has 0 saturated heterocycles. The molecule has 0 radical (unpaired) electrons. The molecule has 3 rings (SSSR count). The van der Waals surface area contributed by atoms with Crippen molar-refractivity contribution in [1.29, 1.82) is 0 Å². The molecular formula is C15H15N3O2. The summed E-state index contributed by atoms with van der Waals surface area (Å²) in [6, 6.07) is 7.68. The third kappa shape index (κ3) is 2.23. The summed E-state index contributed by atoms with van der Waals surface area (Å²) in [6.07, 6.45) is 6.63. The molecule has 0 bridgehead atoms. The predicted octanol–water partition coefficient (Wildman–Crippen LogP) is 2.01. The van der Waals surface area contributed by atoms with Gasteiger partial charge >= 0.3 is 0 Å². The van der Waals surface area contributed by atoms with Crippen LogP contribution in [0.5, 0.6) is 5.75 Å². The van der Waals surface area contributed by atoms with Crippen LogP contribution in [0.2, 0.25) is 0 Å². The van der Waals surface area contributed by atoms with E-state index in [1.165, 1.54) is 0 Å². The summed E-state index contributed by atoms with van der Waals surface area (Å²) in [4.78, 5) is 4.07. The molecule has 0 aliphatic carbocycles. The van der Waals surface area contributed by atoms with Gasteiger partial charge in [0.15, 0.2) is 0 Å². The van der Waals surface area contributed by atoms with Crippen molar-refractivity contribution in [2.45, 2.75) is 12.5 Å². The second-order valence-electron chi connectivity index (χ2n) is 4.54. The molecule has 102 valence electrons. The van der Waals surface area contributed by atoms with E-state index in [-0.39, 0.29) is 0 Å². The molecule has 1 aromatic carbocycles. The van der Waals surface area contributed by atoms with Gasteiger partial charge in [-0.05, 0) is 11.6 Å². The molecule has 0 aliphatic rings. The van der Waals surface area contributed by atoms with Gasteiger partial charge in [0.1, 0.15) is 5.75 Å². The Bertz CT molecular complexity index is 724. The molecule has 0 spiro atoms. The number of nitrogens with zero attached hydrogens (tertiary/aromatic N) is 3. The van der Waals surface area contributed by atoms with Crippen LogP contribution in [0, 0.1) is 0 Å². The summed E-state index contributed by atoms with van der Waals surface area (Å²) < 4.78 is 7.01. The van der Waals surface area contributed by atoms with E-state index in [1.807, 2.05) is 24.3 Å². The summed E-state index contributed by atoms with van der Waals surface area (Å²) in [6.45, 7) is 0. The van der Waals surface area contributed by atoms with Crippen LogP contribution < -0.4 is 4.74 Å². The number of hydrogen-bond donors (Lipinski definition) is 1. The highest BCUT2D eigenvalue weighted by Crippen LogP contribution is 2.26. The third-order valence-electron chi connectivity index (χ3n) is 3.32. The molecule has 20 heavy (non-hydrogen) atoms. The van der Waals surface area contributed by atoms with Crippen molar-refractivity contribution in [2.24, 2.45) is 0 Å². The Morgan fingerprint density at radius 2 is 2.15 bits per heavy atom. The molecule has 0 amide bonds. The van der Waals surface area contributed by atoms with E-state index in [9.17, 15) is 5.11 Å². The summed E-state index contributed by atoms with van der Waals surface area (Å²) in [5.74, 6) is 0.779. The lowest BCUT2D eigenvalue weighted by atomic mass is 10.0. The van der Waals surface area contributed by atoms with Gasteiger partial charge in [0.25, 0.3) is 0 Å². The molecule has 0 fully saturated rings. The second-order valence-corrected chi connectivity index (χ2v) is 4.54. The third-order valence-corrected chi connectivity index (χ3v) is 3.32. The number of hydrogen-bond acceptors (Lipinski definition) is 4. The van der Waals surface area contributed by atoms with E-state index >= 15 is 0 Å². The minimum absolute atomic E-state index is 0.472. The SMILES string of the molecule is COc1ccccc1CC(O)c1cnn2ccncc12. The number of methoxy groups -OCH3 is 1. The lowest BCUT2D eigenvalue weighted by Gasteiger charge is -2.12. The second kappa shape index (κ2) is 5.30. The number of fused-ring (bicyclic) bond motifs is 1. The van der Waals surface area contributed by atoms with E-state index in [0.717, 1.165) is 22.4 Å². The highest BCUT2D eigenvalue weighted by molar-refractivity contribution is 5.53. The van der Waals surface area contributed by atoms with Crippen molar-refractivity contribution in [3.8, 4) is 5.75 Å². The highest BCUT2D eigenvalue weighted by Gasteiger charge is 2.16. The van der Waals surface area contributed by atoms with Crippen LogP contribution in [-0.2, 0) is 6.42 Å². The summed E-state index contributed by atoms with van der Waals surface area (Å²) in [5, 5.41) is 14.7. The molecule has 2 aromatic heterocycles. The van der Waals surface area contributed by atoms with Gasteiger partial charge in [-0.1, -0.05) is 18.2 Å². The molecular weight excluding hydrogens is 254 g/mol. The first-order valence-electron chi connectivity index (χ1n) is 6.37. The smallest absolute Gasteiger partial charge is 0.122 e. The average molecular weight is 269 g/mol. The van der Waals surface area contributed by atoms with E-state index < -0.39 is 6.10 Å². The molecule has 5 heteroatoms. The van der Waals surface area contributed by atoms with Gasteiger partial charge < -0.3 is 9.84 Å². The van der Waals surface area contributed by atoms with Crippen LogP contribution in [-0.4, -0.2) is 26.8 Å². The zero-order chi connectivity index (χ0) is 13.9. The number of ether oxygens (including phenoxy) is 1. The van der Waals surface area contributed by atoms with Crippen LogP contribution in [0.4, 0.5) is 0 Å². The largest absolute Gasteiger partial charge is 0.496 e. The first-order chi connectivity index (χ1) is 9.79. The van der Waals surface area contributed by atoms with Crippen molar-refractivity contribution in [2.75, 3.05) is 7.11 Å². The molecule has 1 unspecified atom stereocenters. The number of aliphatic hydroxyl groups is 1. The van der Waals surface area contributed by atoms with Gasteiger partial charge in [0, 0.05) is 24.4 Å². The van der Waals surface area contributed by atoms with E-state index in [2.05, 4.69) is 10.1 Å².